The fourth-order valence-corrected chi connectivity index (χ4v) is 2.09. The van der Waals surface area contributed by atoms with Crippen molar-refractivity contribution >= 4 is 11.0 Å². The average Bonchev–Trinajstić information content (AvgIpc) is 2.74. The summed E-state index contributed by atoms with van der Waals surface area (Å²) in [6, 6.07) is 8.15. The van der Waals surface area contributed by atoms with Gasteiger partial charge in [-0.05, 0) is 18.5 Å². The van der Waals surface area contributed by atoms with Crippen LogP contribution in [-0.4, -0.2) is 13.2 Å². The normalized spacial score (nSPS) is 11.6. The summed E-state index contributed by atoms with van der Waals surface area (Å²) in [4.78, 5) is 0. The van der Waals surface area contributed by atoms with Crippen molar-refractivity contribution in [2.45, 2.75) is 33.9 Å². The molecule has 0 aliphatic heterocycles. The maximum Gasteiger partial charge on any atom is 0.134 e. The van der Waals surface area contributed by atoms with E-state index in [1.165, 1.54) is 10.9 Å². The lowest BCUT2D eigenvalue weighted by molar-refractivity contribution is 0.0965. The predicted molar refractivity (Wildman–Crippen MR) is 78.1 cm³/mol. The zero-order valence-electron chi connectivity index (χ0n) is 12.0. The summed E-state index contributed by atoms with van der Waals surface area (Å²) in [6.07, 6.45) is 0. The van der Waals surface area contributed by atoms with E-state index >= 15 is 0 Å². The van der Waals surface area contributed by atoms with E-state index in [4.69, 9.17) is 9.15 Å². The minimum Gasteiger partial charge on any atom is -0.459 e. The fourth-order valence-electron chi connectivity index (χ4n) is 2.09. The number of rotatable bonds is 7. The molecule has 0 aliphatic carbocycles. The second kappa shape index (κ2) is 6.73. The van der Waals surface area contributed by atoms with E-state index in [-0.39, 0.29) is 0 Å². The molecule has 3 heteroatoms. The number of hydrogen-bond acceptors (Lipinski definition) is 3. The topological polar surface area (TPSA) is 34.4 Å². The standard InChI is InChI=1S/C16H23NO2/c1-4-17-9-16-14(11-18-10-12(2)3)13-7-5-6-8-15(13)19-16/h5-8,12,17H,4,9-11H2,1-3H3. The molecule has 19 heavy (non-hydrogen) atoms. The van der Waals surface area contributed by atoms with Crippen molar-refractivity contribution in [3.8, 4) is 0 Å². The van der Waals surface area contributed by atoms with Crippen molar-refractivity contribution in [2.24, 2.45) is 5.92 Å². The van der Waals surface area contributed by atoms with Gasteiger partial charge in [0.15, 0.2) is 0 Å². The number of fused-ring (bicyclic) bond motifs is 1. The maximum atomic E-state index is 5.92. The molecule has 0 bridgehead atoms. The number of benzene rings is 1. The number of hydrogen-bond donors (Lipinski definition) is 1. The first-order valence-corrected chi connectivity index (χ1v) is 7.00. The second-order valence-electron chi connectivity index (χ2n) is 5.19. The monoisotopic (exact) mass is 261 g/mol. The minimum absolute atomic E-state index is 0.551. The van der Waals surface area contributed by atoms with E-state index in [0.717, 1.165) is 31.0 Å². The molecule has 1 aromatic carbocycles. The van der Waals surface area contributed by atoms with Gasteiger partial charge in [-0.1, -0.05) is 39.0 Å². The largest absolute Gasteiger partial charge is 0.459 e. The SMILES string of the molecule is CCNCc1oc2ccccc2c1COCC(C)C. The summed E-state index contributed by atoms with van der Waals surface area (Å²) in [6.45, 7) is 9.50. The van der Waals surface area contributed by atoms with Crippen molar-refractivity contribution in [1.29, 1.82) is 0 Å². The van der Waals surface area contributed by atoms with E-state index in [2.05, 4.69) is 32.2 Å². The van der Waals surface area contributed by atoms with Crippen LogP contribution in [0, 0.1) is 5.92 Å². The van der Waals surface area contributed by atoms with Crippen LogP contribution in [-0.2, 0) is 17.9 Å². The molecule has 1 aromatic heterocycles. The molecule has 0 saturated heterocycles. The lowest BCUT2D eigenvalue weighted by atomic mass is 10.1. The zero-order valence-corrected chi connectivity index (χ0v) is 12.0. The summed E-state index contributed by atoms with van der Waals surface area (Å²) < 4.78 is 11.7. The number of furan rings is 1. The van der Waals surface area contributed by atoms with Crippen LogP contribution in [0.3, 0.4) is 0 Å². The summed E-state index contributed by atoms with van der Waals surface area (Å²) in [5.41, 5.74) is 2.12. The Bertz CT molecular complexity index is 516. The highest BCUT2D eigenvalue weighted by Crippen LogP contribution is 2.26. The van der Waals surface area contributed by atoms with Crippen molar-refractivity contribution in [1.82, 2.24) is 5.32 Å². The summed E-state index contributed by atoms with van der Waals surface area (Å²) in [5.74, 6) is 1.54. The third-order valence-corrected chi connectivity index (χ3v) is 3.02. The lowest BCUT2D eigenvalue weighted by Gasteiger charge is -2.07. The molecule has 0 spiro atoms. The van der Waals surface area contributed by atoms with Gasteiger partial charge in [-0.2, -0.15) is 0 Å². The highest BCUT2D eigenvalue weighted by molar-refractivity contribution is 5.82. The van der Waals surface area contributed by atoms with Gasteiger partial charge in [-0.3, -0.25) is 0 Å². The van der Waals surface area contributed by atoms with Crippen molar-refractivity contribution in [2.75, 3.05) is 13.2 Å². The van der Waals surface area contributed by atoms with E-state index < -0.39 is 0 Å². The molecular weight excluding hydrogens is 238 g/mol. The number of ether oxygens (including phenoxy) is 1. The van der Waals surface area contributed by atoms with Gasteiger partial charge in [0.2, 0.25) is 0 Å². The van der Waals surface area contributed by atoms with Crippen molar-refractivity contribution < 1.29 is 9.15 Å². The predicted octanol–water partition coefficient (Wildman–Crippen LogP) is 3.71. The molecule has 0 radical (unpaired) electrons. The molecule has 0 aliphatic rings. The molecule has 0 fully saturated rings. The molecule has 2 aromatic rings. The first-order chi connectivity index (χ1) is 9.22. The third-order valence-electron chi connectivity index (χ3n) is 3.02. The van der Waals surface area contributed by atoms with Gasteiger partial charge in [0.05, 0.1) is 13.2 Å². The van der Waals surface area contributed by atoms with Gasteiger partial charge in [0, 0.05) is 17.6 Å². The Hall–Kier alpha value is -1.32. The van der Waals surface area contributed by atoms with Crippen LogP contribution < -0.4 is 5.32 Å². The van der Waals surface area contributed by atoms with Gasteiger partial charge in [-0.25, -0.2) is 0 Å². The quantitative estimate of drug-likeness (QED) is 0.825. The first kappa shape index (κ1) is 14.1. The minimum atomic E-state index is 0.551. The van der Waals surface area contributed by atoms with Crippen LogP contribution in [0.2, 0.25) is 0 Å². The smallest absolute Gasteiger partial charge is 0.134 e. The van der Waals surface area contributed by atoms with Crippen LogP contribution in [0.15, 0.2) is 28.7 Å². The van der Waals surface area contributed by atoms with Gasteiger partial charge in [0.1, 0.15) is 11.3 Å². The Kier molecular flexibility index (Phi) is 5.00. The van der Waals surface area contributed by atoms with Crippen molar-refractivity contribution in [3.63, 3.8) is 0 Å². The second-order valence-corrected chi connectivity index (χ2v) is 5.19. The molecule has 0 unspecified atom stereocenters. The Morgan fingerprint density at radius 1 is 1.26 bits per heavy atom. The fraction of sp³-hybridized carbons (Fsp3) is 0.500. The molecule has 1 N–H and O–H groups in total. The summed E-state index contributed by atoms with van der Waals surface area (Å²) in [7, 11) is 0. The highest BCUT2D eigenvalue weighted by atomic mass is 16.5. The summed E-state index contributed by atoms with van der Waals surface area (Å²) >= 11 is 0. The van der Waals surface area contributed by atoms with Crippen LogP contribution in [0.25, 0.3) is 11.0 Å². The number of nitrogens with one attached hydrogen (secondary N) is 1. The zero-order chi connectivity index (χ0) is 13.7. The van der Waals surface area contributed by atoms with Crippen LogP contribution in [0.4, 0.5) is 0 Å². The molecule has 1 heterocycles. The highest BCUT2D eigenvalue weighted by Gasteiger charge is 2.13. The molecule has 2 rings (SSSR count). The van der Waals surface area contributed by atoms with Crippen LogP contribution in [0.1, 0.15) is 32.1 Å². The van der Waals surface area contributed by atoms with E-state index in [0.29, 0.717) is 12.5 Å². The Balaban J connectivity index is 2.21. The number of para-hydroxylation sites is 1. The first-order valence-electron chi connectivity index (χ1n) is 7.00. The van der Waals surface area contributed by atoms with E-state index in [1.54, 1.807) is 0 Å². The van der Waals surface area contributed by atoms with Gasteiger partial charge in [-0.15, -0.1) is 0 Å². The average molecular weight is 261 g/mol. The molecule has 0 amide bonds. The van der Waals surface area contributed by atoms with Gasteiger partial charge < -0.3 is 14.5 Å². The lowest BCUT2D eigenvalue weighted by Crippen LogP contribution is -2.13. The van der Waals surface area contributed by atoms with Gasteiger partial charge in [0.25, 0.3) is 0 Å². The van der Waals surface area contributed by atoms with Crippen LogP contribution >= 0.6 is 0 Å². The molecule has 0 atom stereocenters. The molecule has 0 saturated carbocycles. The Morgan fingerprint density at radius 3 is 2.79 bits per heavy atom. The Morgan fingerprint density at radius 2 is 2.05 bits per heavy atom. The van der Waals surface area contributed by atoms with Crippen molar-refractivity contribution in [3.05, 3.63) is 35.6 Å². The molecule has 104 valence electrons. The maximum absolute atomic E-state index is 5.92. The molecule has 3 nitrogen and oxygen atoms in total. The van der Waals surface area contributed by atoms with Gasteiger partial charge >= 0.3 is 0 Å². The van der Waals surface area contributed by atoms with E-state index in [1.807, 2.05) is 18.2 Å². The van der Waals surface area contributed by atoms with E-state index in [9.17, 15) is 0 Å². The third kappa shape index (κ3) is 3.58. The molecular formula is C16H23NO2. The Labute approximate surface area is 114 Å². The van der Waals surface area contributed by atoms with Crippen LogP contribution in [0.5, 0.6) is 0 Å². The summed E-state index contributed by atoms with van der Waals surface area (Å²) in [5, 5.41) is 4.48.